The van der Waals surface area contributed by atoms with Crippen molar-refractivity contribution in [3.63, 3.8) is 0 Å². The number of hydrogen-bond donors (Lipinski definition) is 1. The van der Waals surface area contributed by atoms with E-state index in [9.17, 15) is 9.59 Å². The molecule has 0 aliphatic carbocycles. The number of carbonyl (C=O) groups is 2. The third-order valence-electron chi connectivity index (χ3n) is 5.77. The summed E-state index contributed by atoms with van der Waals surface area (Å²) in [4.78, 5) is 40.1. The minimum Gasteiger partial charge on any atom is -0.357 e. The topological polar surface area (TPSA) is 101 Å². The van der Waals surface area contributed by atoms with Gasteiger partial charge >= 0.3 is 0 Å². The van der Waals surface area contributed by atoms with Gasteiger partial charge in [-0.2, -0.15) is 10.2 Å². The number of H-pyrrole nitrogens is 1. The Morgan fingerprint density at radius 3 is 2.42 bits per heavy atom. The average molecular weight is 437 g/mol. The standard InChI is InChI=1S/C24H19N7O2/c1-25-20(16-5-3-2-4-6-16)17-8-13-30(14-9-17)24(33)23(32)18-15-27-22-19(7-10-26-21(18)22)31-28-11-12-29-31/h2-7,10-12,15,27H,8-9,13-14H2. The van der Waals surface area contributed by atoms with Gasteiger partial charge in [-0.1, -0.05) is 35.9 Å². The van der Waals surface area contributed by atoms with Gasteiger partial charge in [0, 0.05) is 25.5 Å². The van der Waals surface area contributed by atoms with Gasteiger partial charge < -0.3 is 9.88 Å². The number of aromatic amines is 1. The number of piperidine rings is 1. The second kappa shape index (κ2) is 8.51. The maximum absolute atomic E-state index is 13.1. The quantitative estimate of drug-likeness (QED) is 0.300. The molecule has 0 unspecified atom stereocenters. The molecule has 1 saturated heterocycles. The third-order valence-corrected chi connectivity index (χ3v) is 5.77. The Kier molecular flexibility index (Phi) is 5.24. The van der Waals surface area contributed by atoms with Gasteiger partial charge in [-0.15, -0.1) is 4.80 Å². The number of rotatable bonds is 4. The monoisotopic (exact) mass is 437 g/mol. The fraction of sp³-hybridized carbons (Fsp3) is 0.167. The highest BCUT2D eigenvalue weighted by Gasteiger charge is 2.29. The molecule has 4 heterocycles. The minimum absolute atomic E-state index is 0.219. The maximum Gasteiger partial charge on any atom is 0.295 e. The largest absolute Gasteiger partial charge is 0.357 e. The van der Waals surface area contributed by atoms with E-state index < -0.39 is 11.7 Å². The number of hydrogen-bond acceptors (Lipinski definition) is 5. The van der Waals surface area contributed by atoms with Crippen molar-refractivity contribution in [1.82, 2.24) is 29.9 Å². The lowest BCUT2D eigenvalue weighted by Gasteiger charge is -2.28. The van der Waals surface area contributed by atoms with E-state index in [2.05, 4.69) is 25.0 Å². The van der Waals surface area contributed by atoms with Crippen LogP contribution in [0, 0.1) is 6.57 Å². The van der Waals surface area contributed by atoms with Crippen molar-refractivity contribution in [2.75, 3.05) is 13.1 Å². The number of fused-ring (bicyclic) bond motifs is 1. The van der Waals surface area contributed by atoms with Crippen LogP contribution >= 0.6 is 0 Å². The van der Waals surface area contributed by atoms with Crippen LogP contribution in [-0.2, 0) is 4.79 Å². The molecule has 1 fully saturated rings. The van der Waals surface area contributed by atoms with Crippen LogP contribution in [0.3, 0.4) is 0 Å². The third kappa shape index (κ3) is 3.68. The van der Waals surface area contributed by atoms with Crippen LogP contribution < -0.4 is 0 Å². The zero-order valence-corrected chi connectivity index (χ0v) is 17.6. The molecule has 5 rings (SSSR count). The minimum atomic E-state index is -0.611. The van der Waals surface area contributed by atoms with Crippen molar-refractivity contribution < 1.29 is 9.59 Å². The van der Waals surface area contributed by atoms with E-state index in [1.165, 1.54) is 11.0 Å². The van der Waals surface area contributed by atoms with E-state index in [0.717, 1.165) is 11.1 Å². The number of likely N-dealkylation sites (tertiary alicyclic amines) is 1. The summed E-state index contributed by atoms with van der Waals surface area (Å²) >= 11 is 0. The zero-order chi connectivity index (χ0) is 22.8. The van der Waals surface area contributed by atoms with Crippen molar-refractivity contribution in [2.45, 2.75) is 12.8 Å². The molecule has 9 nitrogen and oxygen atoms in total. The molecule has 1 aliphatic heterocycles. The Labute approximate surface area is 189 Å². The fourth-order valence-electron chi connectivity index (χ4n) is 4.11. The van der Waals surface area contributed by atoms with Crippen LogP contribution in [0.4, 0.5) is 0 Å². The van der Waals surface area contributed by atoms with E-state index in [4.69, 9.17) is 6.57 Å². The van der Waals surface area contributed by atoms with Crippen molar-refractivity contribution in [1.29, 1.82) is 0 Å². The number of carbonyl (C=O) groups excluding carboxylic acids is 2. The van der Waals surface area contributed by atoms with Crippen molar-refractivity contribution in [3.8, 4) is 5.69 Å². The number of nitrogens with one attached hydrogen (secondary N) is 1. The number of aromatic nitrogens is 5. The normalized spacial score (nSPS) is 13.7. The highest BCUT2D eigenvalue weighted by Crippen LogP contribution is 2.28. The first kappa shape index (κ1) is 20.3. The first-order valence-electron chi connectivity index (χ1n) is 10.5. The van der Waals surface area contributed by atoms with Gasteiger partial charge in [0.1, 0.15) is 11.2 Å². The second-order valence-corrected chi connectivity index (χ2v) is 7.63. The zero-order valence-electron chi connectivity index (χ0n) is 17.6. The molecule has 4 aromatic rings. The van der Waals surface area contributed by atoms with Gasteiger partial charge in [-0.05, 0) is 24.5 Å². The Hall–Kier alpha value is -4.58. The SMILES string of the molecule is [C-]#[N+]C(=C1CCN(C(=O)C(=O)c2c[nH]c3c(-n4nccn4)ccnc23)CC1)c1ccccc1. The van der Waals surface area contributed by atoms with E-state index >= 15 is 0 Å². The van der Waals surface area contributed by atoms with Crippen molar-refractivity contribution in [2.24, 2.45) is 0 Å². The molecule has 0 spiro atoms. The molecule has 0 saturated carbocycles. The van der Waals surface area contributed by atoms with Crippen LogP contribution in [0.1, 0.15) is 28.8 Å². The average Bonchev–Trinajstić information content (AvgIpc) is 3.55. The van der Waals surface area contributed by atoms with E-state index in [-0.39, 0.29) is 5.56 Å². The lowest BCUT2D eigenvalue weighted by atomic mass is 9.97. The summed E-state index contributed by atoms with van der Waals surface area (Å²) in [6.07, 6.45) is 7.30. The molecular weight excluding hydrogens is 418 g/mol. The maximum atomic E-state index is 13.1. The number of Topliss-reactive ketones (excluding diaryl/α,β-unsaturated/α-hetero) is 1. The second-order valence-electron chi connectivity index (χ2n) is 7.63. The lowest BCUT2D eigenvalue weighted by molar-refractivity contribution is -0.126. The number of nitrogens with zero attached hydrogens (tertiary/aromatic N) is 6. The molecule has 9 heteroatoms. The Morgan fingerprint density at radius 2 is 1.73 bits per heavy atom. The summed E-state index contributed by atoms with van der Waals surface area (Å²) in [7, 11) is 0. The Bertz CT molecular complexity index is 1400. The number of ketones is 1. The molecule has 33 heavy (non-hydrogen) atoms. The van der Waals surface area contributed by atoms with Gasteiger partial charge in [-0.25, -0.2) is 4.85 Å². The first-order chi connectivity index (χ1) is 16.2. The van der Waals surface area contributed by atoms with Crippen LogP contribution in [0.2, 0.25) is 0 Å². The van der Waals surface area contributed by atoms with Crippen LogP contribution in [0.5, 0.6) is 0 Å². The summed E-state index contributed by atoms with van der Waals surface area (Å²) in [6, 6.07) is 11.3. The van der Waals surface area contributed by atoms with Gasteiger partial charge in [-0.3, -0.25) is 14.6 Å². The summed E-state index contributed by atoms with van der Waals surface area (Å²) in [5.74, 6) is -1.18. The molecule has 1 amide bonds. The molecule has 1 aliphatic rings. The van der Waals surface area contributed by atoms with Crippen LogP contribution in [0.25, 0.3) is 27.3 Å². The fourth-order valence-corrected chi connectivity index (χ4v) is 4.11. The molecule has 3 aromatic heterocycles. The number of amides is 1. The first-order valence-corrected chi connectivity index (χ1v) is 10.5. The van der Waals surface area contributed by atoms with E-state index in [1.807, 2.05) is 30.3 Å². The van der Waals surface area contributed by atoms with Crippen LogP contribution in [0.15, 0.2) is 66.8 Å². The highest BCUT2D eigenvalue weighted by atomic mass is 16.2. The lowest BCUT2D eigenvalue weighted by Crippen LogP contribution is -2.40. The molecule has 0 radical (unpaired) electrons. The van der Waals surface area contributed by atoms with Gasteiger partial charge in [0.2, 0.25) is 0 Å². The Balaban J connectivity index is 1.36. The summed E-state index contributed by atoms with van der Waals surface area (Å²) in [5.41, 5.74) is 4.37. The van der Waals surface area contributed by atoms with Gasteiger partial charge in [0.25, 0.3) is 11.7 Å². The molecule has 0 atom stereocenters. The van der Waals surface area contributed by atoms with Gasteiger partial charge in [0.15, 0.2) is 5.70 Å². The van der Waals surface area contributed by atoms with Gasteiger partial charge in [0.05, 0.1) is 30.0 Å². The predicted octanol–water partition coefficient (Wildman–Crippen LogP) is 3.28. The predicted molar refractivity (Wildman–Crippen MR) is 121 cm³/mol. The van der Waals surface area contributed by atoms with Crippen molar-refractivity contribution >= 4 is 28.4 Å². The summed E-state index contributed by atoms with van der Waals surface area (Å²) in [5, 5.41) is 8.24. The van der Waals surface area contributed by atoms with Crippen LogP contribution in [-0.4, -0.2) is 54.6 Å². The van der Waals surface area contributed by atoms with E-state index in [0.29, 0.717) is 48.3 Å². The number of pyridine rings is 1. The number of benzene rings is 1. The summed E-state index contributed by atoms with van der Waals surface area (Å²) < 4.78 is 0. The van der Waals surface area contributed by atoms with E-state index in [1.54, 1.807) is 29.6 Å². The summed E-state index contributed by atoms with van der Waals surface area (Å²) in [6.45, 7) is 8.37. The Morgan fingerprint density at radius 1 is 1.00 bits per heavy atom. The smallest absolute Gasteiger partial charge is 0.295 e. The molecule has 162 valence electrons. The molecular formula is C24H19N7O2. The molecule has 0 bridgehead atoms. The molecule has 1 aromatic carbocycles. The molecule has 1 N–H and O–H groups in total. The van der Waals surface area contributed by atoms with Crippen molar-refractivity contribution in [3.05, 3.63) is 89.3 Å². The highest BCUT2D eigenvalue weighted by molar-refractivity contribution is 6.44.